The van der Waals surface area contributed by atoms with E-state index >= 15 is 0 Å². The monoisotopic (exact) mass is 302 g/mol. The first-order valence-electron chi connectivity index (χ1n) is 8.06. The molecule has 0 amide bonds. The third-order valence-electron chi connectivity index (χ3n) is 4.84. The van der Waals surface area contributed by atoms with Crippen LogP contribution in [0.3, 0.4) is 0 Å². The third kappa shape index (κ3) is 2.74. The summed E-state index contributed by atoms with van der Waals surface area (Å²) >= 11 is 1.82. The number of hydrogen-bond donors (Lipinski definition) is 1. The highest BCUT2D eigenvalue weighted by Crippen LogP contribution is 2.40. The zero-order valence-electron chi connectivity index (χ0n) is 13.4. The maximum absolute atomic E-state index is 6.17. The molecule has 0 saturated heterocycles. The third-order valence-corrected chi connectivity index (χ3v) is 6.31. The minimum Gasteiger partial charge on any atom is -0.330 e. The van der Waals surface area contributed by atoms with E-state index in [1.165, 1.54) is 47.4 Å². The number of fused-ring (bicyclic) bond motifs is 1. The topological polar surface area (TPSA) is 38.9 Å². The van der Waals surface area contributed by atoms with Gasteiger partial charge in [0.05, 0.1) is 15.2 Å². The van der Waals surface area contributed by atoms with Crippen molar-refractivity contribution in [1.29, 1.82) is 0 Å². The fraction of sp³-hybridized carbons (Fsp3) is 0.611. The molecule has 0 radical (unpaired) electrons. The van der Waals surface area contributed by atoms with E-state index in [1.807, 2.05) is 11.3 Å². The Morgan fingerprint density at radius 3 is 2.52 bits per heavy atom. The minimum absolute atomic E-state index is 0.125. The van der Waals surface area contributed by atoms with Crippen molar-refractivity contribution in [2.75, 3.05) is 6.54 Å². The molecule has 21 heavy (non-hydrogen) atoms. The van der Waals surface area contributed by atoms with Crippen molar-refractivity contribution in [2.45, 2.75) is 63.7 Å². The summed E-state index contributed by atoms with van der Waals surface area (Å²) in [6.45, 7) is 7.45. The predicted octanol–water partition coefficient (Wildman–Crippen LogP) is 4.75. The van der Waals surface area contributed by atoms with E-state index in [4.69, 9.17) is 10.7 Å². The van der Waals surface area contributed by atoms with Crippen molar-refractivity contribution in [2.24, 2.45) is 5.73 Å². The van der Waals surface area contributed by atoms with E-state index in [0.29, 0.717) is 0 Å². The molecule has 2 aromatic rings. The van der Waals surface area contributed by atoms with E-state index in [9.17, 15) is 0 Å². The quantitative estimate of drug-likeness (QED) is 0.869. The first-order valence-corrected chi connectivity index (χ1v) is 8.88. The van der Waals surface area contributed by atoms with Crippen LogP contribution in [-0.4, -0.2) is 11.5 Å². The minimum atomic E-state index is 0.125. The Morgan fingerprint density at radius 1 is 1.19 bits per heavy atom. The predicted molar refractivity (Wildman–Crippen MR) is 92.1 cm³/mol. The Hall–Kier alpha value is -0.930. The molecule has 0 spiro atoms. The van der Waals surface area contributed by atoms with E-state index in [2.05, 4.69) is 39.0 Å². The molecule has 1 aromatic heterocycles. The van der Waals surface area contributed by atoms with Gasteiger partial charge in [0.15, 0.2) is 0 Å². The number of aromatic nitrogens is 1. The van der Waals surface area contributed by atoms with Crippen LogP contribution >= 0.6 is 11.3 Å². The van der Waals surface area contributed by atoms with Crippen molar-refractivity contribution in [3.8, 4) is 0 Å². The molecule has 3 heteroatoms. The van der Waals surface area contributed by atoms with Crippen molar-refractivity contribution in [3.63, 3.8) is 0 Å². The molecular weight excluding hydrogens is 276 g/mol. The average molecular weight is 302 g/mol. The van der Waals surface area contributed by atoms with E-state index in [-0.39, 0.29) is 10.8 Å². The van der Waals surface area contributed by atoms with Gasteiger partial charge in [-0.25, -0.2) is 4.98 Å². The van der Waals surface area contributed by atoms with Crippen molar-refractivity contribution in [1.82, 2.24) is 4.98 Å². The van der Waals surface area contributed by atoms with Gasteiger partial charge in [0.1, 0.15) is 0 Å². The van der Waals surface area contributed by atoms with Gasteiger partial charge in [-0.3, -0.25) is 0 Å². The van der Waals surface area contributed by atoms with Gasteiger partial charge in [0.25, 0.3) is 0 Å². The molecule has 114 valence electrons. The van der Waals surface area contributed by atoms with Gasteiger partial charge in [0.2, 0.25) is 0 Å². The molecule has 3 rings (SSSR count). The van der Waals surface area contributed by atoms with Gasteiger partial charge in [-0.05, 0) is 30.5 Å². The van der Waals surface area contributed by atoms with Crippen molar-refractivity contribution in [3.05, 3.63) is 28.8 Å². The lowest BCUT2D eigenvalue weighted by molar-refractivity contribution is 0.301. The van der Waals surface area contributed by atoms with Gasteiger partial charge in [-0.1, -0.05) is 46.1 Å². The molecule has 0 aliphatic heterocycles. The Bertz CT molecular complexity index is 630. The van der Waals surface area contributed by atoms with Crippen LogP contribution in [-0.2, 0) is 10.8 Å². The molecule has 1 aromatic carbocycles. The van der Waals surface area contributed by atoms with Gasteiger partial charge in [-0.15, -0.1) is 11.3 Å². The molecule has 1 aliphatic carbocycles. The normalized spacial score (nSPS) is 19.0. The first-order chi connectivity index (χ1) is 9.94. The zero-order chi connectivity index (χ0) is 15.1. The maximum atomic E-state index is 6.17. The maximum Gasteiger partial charge on any atom is 0.0992 e. The summed E-state index contributed by atoms with van der Waals surface area (Å²) in [5.41, 5.74) is 9.05. The number of rotatable bonds is 2. The van der Waals surface area contributed by atoms with Crippen LogP contribution in [0.25, 0.3) is 10.2 Å². The average Bonchev–Trinajstić information content (AvgIpc) is 2.91. The number of nitrogens with two attached hydrogens (primary N) is 1. The number of nitrogens with zero attached hydrogens (tertiary/aromatic N) is 1. The Morgan fingerprint density at radius 2 is 1.90 bits per heavy atom. The highest BCUT2D eigenvalue weighted by molar-refractivity contribution is 7.18. The Balaban J connectivity index is 2.04. The summed E-state index contributed by atoms with van der Waals surface area (Å²) in [6.07, 6.45) is 6.42. The van der Waals surface area contributed by atoms with Crippen molar-refractivity contribution >= 4 is 21.6 Å². The highest BCUT2D eigenvalue weighted by Gasteiger charge is 2.32. The van der Waals surface area contributed by atoms with Crippen LogP contribution in [0.1, 0.15) is 63.4 Å². The summed E-state index contributed by atoms with van der Waals surface area (Å²) in [7, 11) is 0. The summed E-state index contributed by atoms with van der Waals surface area (Å²) in [4.78, 5) is 4.88. The lowest BCUT2D eigenvalue weighted by atomic mass is 9.69. The summed E-state index contributed by atoms with van der Waals surface area (Å²) < 4.78 is 1.30. The molecule has 0 unspecified atom stereocenters. The second-order valence-electron chi connectivity index (χ2n) is 7.50. The first kappa shape index (κ1) is 15.0. The molecule has 1 saturated carbocycles. The summed E-state index contributed by atoms with van der Waals surface area (Å²) in [5.74, 6) is 0. The SMILES string of the molecule is CC(C)(C)c1nc2cc(C3(CN)CCCCC3)ccc2s1. The lowest BCUT2D eigenvalue weighted by Gasteiger charge is -2.36. The smallest absolute Gasteiger partial charge is 0.0992 e. The highest BCUT2D eigenvalue weighted by atomic mass is 32.1. The Kier molecular flexibility index (Phi) is 3.83. The fourth-order valence-corrected chi connectivity index (χ4v) is 4.42. The molecule has 2 N–H and O–H groups in total. The van der Waals surface area contributed by atoms with Crippen LogP contribution in [0, 0.1) is 0 Å². The number of benzene rings is 1. The standard InChI is InChI=1S/C18H26N2S/c1-17(2,3)16-20-14-11-13(7-8-15(14)21-16)18(12-19)9-5-4-6-10-18/h7-8,11H,4-6,9-10,12,19H2,1-3H3. The summed E-state index contributed by atoms with van der Waals surface area (Å²) in [6, 6.07) is 6.86. The number of thiazole rings is 1. The van der Waals surface area contributed by atoms with E-state index < -0.39 is 0 Å². The fourth-order valence-electron chi connectivity index (χ4n) is 3.42. The van der Waals surface area contributed by atoms with Crippen LogP contribution < -0.4 is 5.73 Å². The van der Waals surface area contributed by atoms with Gasteiger partial charge < -0.3 is 5.73 Å². The largest absolute Gasteiger partial charge is 0.330 e. The molecule has 1 aliphatic rings. The zero-order valence-corrected chi connectivity index (χ0v) is 14.2. The Labute approximate surface area is 131 Å². The summed E-state index contributed by atoms with van der Waals surface area (Å²) in [5, 5.41) is 1.22. The lowest BCUT2D eigenvalue weighted by Crippen LogP contribution is -2.37. The van der Waals surface area contributed by atoms with Gasteiger partial charge in [0, 0.05) is 17.4 Å². The van der Waals surface area contributed by atoms with Crippen LogP contribution in [0.2, 0.25) is 0 Å². The van der Waals surface area contributed by atoms with Crippen LogP contribution in [0.4, 0.5) is 0 Å². The molecule has 0 bridgehead atoms. The van der Waals surface area contributed by atoms with Crippen LogP contribution in [0.15, 0.2) is 18.2 Å². The second kappa shape index (κ2) is 5.36. The molecule has 1 heterocycles. The molecular formula is C18H26N2S. The van der Waals surface area contributed by atoms with E-state index in [0.717, 1.165) is 12.1 Å². The molecule has 2 nitrogen and oxygen atoms in total. The number of hydrogen-bond acceptors (Lipinski definition) is 3. The van der Waals surface area contributed by atoms with Crippen molar-refractivity contribution < 1.29 is 0 Å². The van der Waals surface area contributed by atoms with E-state index in [1.54, 1.807) is 0 Å². The molecule has 0 atom stereocenters. The second-order valence-corrected chi connectivity index (χ2v) is 8.53. The molecule has 1 fully saturated rings. The van der Waals surface area contributed by atoms with Gasteiger partial charge >= 0.3 is 0 Å². The van der Waals surface area contributed by atoms with Gasteiger partial charge in [-0.2, -0.15) is 0 Å². The van der Waals surface area contributed by atoms with Crippen LogP contribution in [0.5, 0.6) is 0 Å².